The van der Waals surface area contributed by atoms with Gasteiger partial charge in [0, 0.05) is 13.7 Å². The summed E-state index contributed by atoms with van der Waals surface area (Å²) in [5, 5.41) is 2.69. The van der Waals surface area contributed by atoms with Gasteiger partial charge in [-0.15, -0.1) is 0 Å². The molecule has 1 aromatic carbocycles. The quantitative estimate of drug-likeness (QED) is 0.801. The molecule has 1 aromatic heterocycles. The lowest BCUT2D eigenvalue weighted by atomic mass is 10.2. The molecule has 2 N–H and O–H groups in total. The number of anilines is 1. The van der Waals surface area contributed by atoms with E-state index < -0.39 is 10.0 Å². The highest BCUT2D eigenvalue weighted by molar-refractivity contribution is 7.92. The van der Waals surface area contributed by atoms with E-state index in [0.717, 1.165) is 6.26 Å². The Hall–Kier alpha value is -2.32. The lowest BCUT2D eigenvalue weighted by molar-refractivity contribution is 0.0914. The Morgan fingerprint density at radius 2 is 1.96 bits per heavy atom. The monoisotopic (exact) mass is 338 g/mol. The fourth-order valence-electron chi connectivity index (χ4n) is 1.96. The van der Waals surface area contributed by atoms with Crippen LogP contribution in [0.25, 0.3) is 0 Å². The number of carbonyl (C=O) groups excluding carboxylic acids is 1. The molecule has 0 atom stereocenters. The number of sulfonamides is 1. The summed E-state index contributed by atoms with van der Waals surface area (Å²) in [6.07, 6.45) is 1.07. The van der Waals surface area contributed by atoms with Gasteiger partial charge in [-0.3, -0.25) is 9.52 Å². The molecule has 0 radical (unpaired) electrons. The average molecular weight is 338 g/mol. The summed E-state index contributed by atoms with van der Waals surface area (Å²) >= 11 is 0. The summed E-state index contributed by atoms with van der Waals surface area (Å²) in [5.74, 6) is 0.337. The molecule has 0 spiro atoms. The van der Waals surface area contributed by atoms with Gasteiger partial charge in [0.1, 0.15) is 12.4 Å². The number of carbonyl (C=O) groups is 1. The van der Waals surface area contributed by atoms with Crippen molar-refractivity contribution >= 4 is 21.6 Å². The molecule has 1 heterocycles. The second kappa shape index (κ2) is 7.30. The average Bonchev–Trinajstić information content (AvgIpc) is 2.93. The van der Waals surface area contributed by atoms with Crippen LogP contribution in [0.3, 0.4) is 0 Å². The first kappa shape index (κ1) is 17.0. The lowest BCUT2D eigenvalue weighted by Gasteiger charge is -2.11. The van der Waals surface area contributed by atoms with Gasteiger partial charge in [0.25, 0.3) is 5.91 Å². The van der Waals surface area contributed by atoms with E-state index in [1.807, 2.05) is 0 Å². The van der Waals surface area contributed by atoms with Crippen molar-refractivity contribution < 1.29 is 22.4 Å². The molecular formula is C15H18N2O5S. The van der Waals surface area contributed by atoms with Gasteiger partial charge < -0.3 is 14.5 Å². The van der Waals surface area contributed by atoms with Crippen LogP contribution in [0, 0.1) is 0 Å². The molecule has 0 fully saturated rings. The molecule has 0 aliphatic carbocycles. The van der Waals surface area contributed by atoms with Crippen LogP contribution in [0.2, 0.25) is 0 Å². The SMILES string of the molecule is COCc1ccc(C(=O)NCc2ccccc2NS(C)(=O)=O)o1. The zero-order chi connectivity index (χ0) is 16.9. The van der Waals surface area contributed by atoms with Crippen LogP contribution in [0.1, 0.15) is 21.9 Å². The molecule has 0 saturated carbocycles. The number of para-hydroxylation sites is 1. The van der Waals surface area contributed by atoms with E-state index in [0.29, 0.717) is 17.0 Å². The van der Waals surface area contributed by atoms with Gasteiger partial charge in [0.15, 0.2) is 5.76 Å². The molecular weight excluding hydrogens is 320 g/mol. The topological polar surface area (TPSA) is 97.6 Å². The van der Waals surface area contributed by atoms with Crippen molar-refractivity contribution in [1.82, 2.24) is 5.32 Å². The minimum absolute atomic E-state index is 0.165. The Morgan fingerprint density at radius 3 is 2.65 bits per heavy atom. The first-order valence-electron chi connectivity index (χ1n) is 6.80. The van der Waals surface area contributed by atoms with Gasteiger partial charge in [0.2, 0.25) is 10.0 Å². The van der Waals surface area contributed by atoms with Crippen LogP contribution < -0.4 is 10.0 Å². The third kappa shape index (κ3) is 5.11. The maximum Gasteiger partial charge on any atom is 0.287 e. The largest absolute Gasteiger partial charge is 0.453 e. The Labute approximate surface area is 134 Å². The highest BCUT2D eigenvalue weighted by Crippen LogP contribution is 2.16. The standard InChI is InChI=1S/C15H18N2O5S/c1-21-10-12-7-8-14(22-12)15(18)16-9-11-5-3-4-6-13(11)17-23(2,19)20/h3-8,17H,9-10H2,1-2H3,(H,16,18). The van der Waals surface area contributed by atoms with Crippen molar-refractivity contribution in [2.45, 2.75) is 13.2 Å². The molecule has 124 valence electrons. The molecule has 0 unspecified atom stereocenters. The van der Waals surface area contributed by atoms with E-state index in [4.69, 9.17) is 9.15 Å². The van der Waals surface area contributed by atoms with Gasteiger partial charge in [-0.25, -0.2) is 8.42 Å². The van der Waals surface area contributed by atoms with E-state index in [-0.39, 0.29) is 24.8 Å². The Morgan fingerprint density at radius 1 is 1.22 bits per heavy atom. The molecule has 7 nitrogen and oxygen atoms in total. The second-order valence-corrected chi connectivity index (χ2v) is 6.66. The first-order valence-corrected chi connectivity index (χ1v) is 8.70. The van der Waals surface area contributed by atoms with E-state index in [1.165, 1.54) is 7.11 Å². The first-order chi connectivity index (χ1) is 10.9. The summed E-state index contributed by atoms with van der Waals surface area (Å²) in [6.45, 7) is 0.451. The fourth-order valence-corrected chi connectivity index (χ4v) is 2.55. The van der Waals surface area contributed by atoms with Crippen molar-refractivity contribution in [2.75, 3.05) is 18.1 Å². The van der Waals surface area contributed by atoms with Crippen LogP contribution in [0.4, 0.5) is 5.69 Å². The highest BCUT2D eigenvalue weighted by Gasteiger charge is 2.12. The van der Waals surface area contributed by atoms with E-state index in [2.05, 4.69) is 10.0 Å². The van der Waals surface area contributed by atoms with Gasteiger partial charge >= 0.3 is 0 Å². The van der Waals surface area contributed by atoms with Crippen LogP contribution in [-0.4, -0.2) is 27.7 Å². The Balaban J connectivity index is 2.04. The predicted molar refractivity (Wildman–Crippen MR) is 85.5 cm³/mol. The van der Waals surface area contributed by atoms with Crippen LogP contribution in [0.5, 0.6) is 0 Å². The molecule has 0 saturated heterocycles. The number of nitrogens with one attached hydrogen (secondary N) is 2. The molecule has 8 heteroatoms. The summed E-state index contributed by atoms with van der Waals surface area (Å²) in [6, 6.07) is 10.1. The Kier molecular flexibility index (Phi) is 5.41. The number of hydrogen-bond acceptors (Lipinski definition) is 5. The number of furan rings is 1. The van der Waals surface area contributed by atoms with Crippen LogP contribution in [-0.2, 0) is 27.9 Å². The summed E-state index contributed by atoms with van der Waals surface area (Å²) in [7, 11) is -1.85. The van der Waals surface area contributed by atoms with E-state index in [1.54, 1.807) is 36.4 Å². The zero-order valence-electron chi connectivity index (χ0n) is 12.8. The predicted octanol–water partition coefficient (Wildman–Crippen LogP) is 1.73. The number of methoxy groups -OCH3 is 1. The maximum absolute atomic E-state index is 12.0. The number of rotatable bonds is 7. The van der Waals surface area contributed by atoms with Gasteiger partial charge in [-0.05, 0) is 23.8 Å². The summed E-state index contributed by atoms with van der Waals surface area (Å²) in [4.78, 5) is 12.0. The molecule has 2 aromatic rings. The number of ether oxygens (including phenoxy) is 1. The van der Waals surface area contributed by atoms with Crippen LogP contribution in [0.15, 0.2) is 40.8 Å². The lowest BCUT2D eigenvalue weighted by Crippen LogP contribution is -2.23. The summed E-state index contributed by atoms with van der Waals surface area (Å²) < 4.78 is 35.4. The minimum Gasteiger partial charge on any atom is -0.453 e. The maximum atomic E-state index is 12.0. The highest BCUT2D eigenvalue weighted by atomic mass is 32.2. The van der Waals surface area contributed by atoms with Crippen molar-refractivity contribution in [3.8, 4) is 0 Å². The number of amides is 1. The third-order valence-corrected chi connectivity index (χ3v) is 3.51. The molecule has 1 amide bonds. The van der Waals surface area contributed by atoms with Gasteiger partial charge in [0.05, 0.1) is 11.9 Å². The molecule has 0 bridgehead atoms. The van der Waals surface area contributed by atoms with Crippen LogP contribution >= 0.6 is 0 Å². The zero-order valence-corrected chi connectivity index (χ0v) is 13.6. The van der Waals surface area contributed by atoms with Crippen molar-refractivity contribution in [3.05, 3.63) is 53.5 Å². The van der Waals surface area contributed by atoms with Gasteiger partial charge in [-0.1, -0.05) is 18.2 Å². The van der Waals surface area contributed by atoms with E-state index in [9.17, 15) is 13.2 Å². The third-order valence-electron chi connectivity index (χ3n) is 2.92. The van der Waals surface area contributed by atoms with E-state index >= 15 is 0 Å². The normalized spacial score (nSPS) is 11.2. The van der Waals surface area contributed by atoms with Crippen molar-refractivity contribution in [3.63, 3.8) is 0 Å². The van der Waals surface area contributed by atoms with Gasteiger partial charge in [-0.2, -0.15) is 0 Å². The number of benzene rings is 1. The fraction of sp³-hybridized carbons (Fsp3) is 0.267. The second-order valence-electron chi connectivity index (χ2n) is 4.91. The smallest absolute Gasteiger partial charge is 0.287 e. The Bertz CT molecular complexity index is 783. The van der Waals surface area contributed by atoms with Crippen molar-refractivity contribution in [2.24, 2.45) is 0 Å². The minimum atomic E-state index is -3.39. The number of hydrogen-bond donors (Lipinski definition) is 2. The molecule has 23 heavy (non-hydrogen) atoms. The molecule has 2 rings (SSSR count). The molecule has 0 aliphatic rings. The summed E-state index contributed by atoms with van der Waals surface area (Å²) in [5.41, 5.74) is 1.07. The van der Waals surface area contributed by atoms with Crippen molar-refractivity contribution in [1.29, 1.82) is 0 Å². The molecule has 0 aliphatic heterocycles.